The van der Waals surface area contributed by atoms with Crippen molar-refractivity contribution < 1.29 is 18.7 Å². The maximum absolute atomic E-state index is 10.6. The van der Waals surface area contributed by atoms with Crippen LogP contribution in [0.3, 0.4) is 0 Å². The first-order chi connectivity index (χ1) is 10.8. The Labute approximate surface area is 138 Å². The van der Waals surface area contributed by atoms with E-state index in [0.717, 1.165) is 5.56 Å². The molecule has 5 nitrogen and oxygen atoms in total. The third-order valence-electron chi connectivity index (χ3n) is 3.93. The average Bonchev–Trinajstić information content (AvgIpc) is 2.99. The monoisotopic (exact) mass is 353 g/mol. The van der Waals surface area contributed by atoms with Crippen LogP contribution in [0, 0.1) is 0 Å². The summed E-state index contributed by atoms with van der Waals surface area (Å²) < 4.78 is 10.8. The molecule has 0 unspecified atom stereocenters. The summed E-state index contributed by atoms with van der Waals surface area (Å²) in [5, 5.41) is 0.956. The van der Waals surface area contributed by atoms with Gasteiger partial charge in [-0.2, -0.15) is 0 Å². The van der Waals surface area contributed by atoms with Gasteiger partial charge in [0.05, 0.1) is 0 Å². The van der Waals surface area contributed by atoms with Crippen LogP contribution in [0.1, 0.15) is 6.92 Å². The van der Waals surface area contributed by atoms with Crippen molar-refractivity contribution in [3.05, 3.63) is 47.5 Å². The standard InChI is InChI=1S/C16H17ClNO4P/c1-3-23(19,20,21-2)13-8-9-15-14(10-13)18-16(22-15)11-4-6-12(17)7-5-11/h4-10,19-20H,3H2,1-2H3. The second-order valence-electron chi connectivity index (χ2n) is 5.29. The van der Waals surface area contributed by atoms with Gasteiger partial charge in [-0.3, -0.25) is 0 Å². The van der Waals surface area contributed by atoms with Gasteiger partial charge in [0.1, 0.15) is 0 Å². The molecule has 7 heteroatoms. The Morgan fingerprint density at radius 3 is 2.48 bits per heavy atom. The van der Waals surface area contributed by atoms with E-state index in [1.54, 1.807) is 37.3 Å². The fraction of sp³-hybridized carbons (Fsp3) is 0.188. The number of aromatic nitrogens is 1. The van der Waals surface area contributed by atoms with Crippen LogP contribution in [0.4, 0.5) is 0 Å². The molecule has 0 atom stereocenters. The number of halogens is 1. The van der Waals surface area contributed by atoms with Gasteiger partial charge in [0.25, 0.3) is 0 Å². The Morgan fingerprint density at radius 1 is 1.17 bits per heavy atom. The molecular weight excluding hydrogens is 337 g/mol. The molecule has 0 spiro atoms. The molecule has 2 aromatic carbocycles. The topological polar surface area (TPSA) is 75.7 Å². The molecule has 0 fully saturated rings. The van der Waals surface area contributed by atoms with Crippen molar-refractivity contribution in [2.75, 3.05) is 13.3 Å². The SMILES string of the molecule is CCP(O)(O)(OC)c1ccc2oc(-c3ccc(Cl)cc3)nc2c1. The van der Waals surface area contributed by atoms with Crippen LogP contribution in [-0.2, 0) is 4.52 Å². The van der Waals surface area contributed by atoms with Crippen LogP contribution in [0.2, 0.25) is 5.02 Å². The molecule has 23 heavy (non-hydrogen) atoms. The summed E-state index contributed by atoms with van der Waals surface area (Å²) in [6, 6.07) is 12.0. The zero-order chi connectivity index (χ0) is 16.7. The summed E-state index contributed by atoms with van der Waals surface area (Å²) in [6.07, 6.45) is 0.0928. The first kappa shape index (κ1) is 16.4. The van der Waals surface area contributed by atoms with Gasteiger partial charge >= 0.3 is 138 Å². The van der Waals surface area contributed by atoms with E-state index >= 15 is 0 Å². The van der Waals surface area contributed by atoms with Gasteiger partial charge in [-0.25, -0.2) is 0 Å². The molecular formula is C16H17ClNO4P. The normalized spacial score (nSPS) is 13.9. The van der Waals surface area contributed by atoms with E-state index in [4.69, 9.17) is 20.5 Å². The van der Waals surface area contributed by atoms with E-state index in [1.807, 2.05) is 12.1 Å². The zero-order valence-electron chi connectivity index (χ0n) is 12.7. The Hall–Kier alpha value is -1.49. The molecule has 1 aromatic heterocycles. The molecule has 0 bridgehead atoms. The van der Waals surface area contributed by atoms with Crippen LogP contribution < -0.4 is 5.30 Å². The molecule has 0 radical (unpaired) electrons. The minimum atomic E-state index is -4.35. The molecule has 0 aliphatic rings. The second kappa shape index (κ2) is 5.55. The van der Waals surface area contributed by atoms with Gasteiger partial charge in [-0.1, -0.05) is 0 Å². The van der Waals surface area contributed by atoms with Crippen molar-refractivity contribution >= 4 is 35.3 Å². The Morgan fingerprint density at radius 2 is 1.87 bits per heavy atom. The first-order valence-electron chi connectivity index (χ1n) is 7.09. The van der Waals surface area contributed by atoms with Gasteiger partial charge in [0, 0.05) is 0 Å². The number of oxazole rings is 1. The summed E-state index contributed by atoms with van der Waals surface area (Å²) in [7, 11) is -3.05. The van der Waals surface area contributed by atoms with Gasteiger partial charge in [-0.05, 0) is 0 Å². The molecule has 0 aliphatic heterocycles. The van der Waals surface area contributed by atoms with Gasteiger partial charge < -0.3 is 0 Å². The third-order valence-corrected chi connectivity index (χ3v) is 7.41. The predicted octanol–water partition coefficient (Wildman–Crippen LogP) is 3.72. The van der Waals surface area contributed by atoms with Gasteiger partial charge in [0.15, 0.2) is 0 Å². The van der Waals surface area contributed by atoms with E-state index < -0.39 is 7.28 Å². The van der Waals surface area contributed by atoms with Crippen LogP contribution in [0.15, 0.2) is 46.9 Å². The number of benzene rings is 2. The number of hydrogen-bond donors (Lipinski definition) is 2. The van der Waals surface area contributed by atoms with Crippen LogP contribution in [0.25, 0.3) is 22.6 Å². The summed E-state index contributed by atoms with van der Waals surface area (Å²) in [6.45, 7) is 1.67. The van der Waals surface area contributed by atoms with Crippen molar-refractivity contribution in [3.63, 3.8) is 0 Å². The van der Waals surface area contributed by atoms with E-state index in [-0.39, 0.29) is 6.16 Å². The Bertz CT molecular complexity index is 852. The second-order valence-corrected chi connectivity index (χ2v) is 9.47. The molecule has 0 amide bonds. The third kappa shape index (κ3) is 2.87. The summed E-state index contributed by atoms with van der Waals surface area (Å²) in [5.74, 6) is 0.443. The molecule has 1 heterocycles. The number of nitrogens with zero attached hydrogens (tertiary/aromatic N) is 1. The van der Waals surface area contributed by atoms with Gasteiger partial charge in [-0.15, -0.1) is 0 Å². The van der Waals surface area contributed by atoms with Crippen molar-refractivity contribution in [1.82, 2.24) is 4.98 Å². The molecule has 0 saturated carbocycles. The molecule has 0 aliphatic carbocycles. The van der Waals surface area contributed by atoms with Gasteiger partial charge in [0.2, 0.25) is 0 Å². The molecule has 3 rings (SSSR count). The fourth-order valence-electron chi connectivity index (χ4n) is 2.33. The Balaban J connectivity index is 2.10. The van der Waals surface area contributed by atoms with Crippen molar-refractivity contribution in [1.29, 1.82) is 0 Å². The summed E-state index contributed by atoms with van der Waals surface area (Å²) in [4.78, 5) is 25.6. The quantitative estimate of drug-likeness (QED) is 0.699. The molecule has 0 saturated heterocycles. The van der Waals surface area contributed by atoms with E-state index in [0.29, 0.717) is 27.3 Å². The average molecular weight is 354 g/mol. The van der Waals surface area contributed by atoms with Crippen LogP contribution in [-0.4, -0.2) is 28.0 Å². The van der Waals surface area contributed by atoms with E-state index in [1.165, 1.54) is 7.11 Å². The minimum absolute atomic E-state index is 0.0928. The number of fused-ring (bicyclic) bond motifs is 1. The zero-order valence-corrected chi connectivity index (χ0v) is 14.4. The summed E-state index contributed by atoms with van der Waals surface area (Å²) >= 11 is 5.88. The van der Waals surface area contributed by atoms with E-state index in [2.05, 4.69) is 4.98 Å². The number of hydrogen-bond acceptors (Lipinski definition) is 5. The van der Waals surface area contributed by atoms with Crippen LogP contribution >= 0.6 is 18.9 Å². The molecule has 2 N–H and O–H groups in total. The fourth-order valence-corrected chi connectivity index (χ4v) is 4.04. The molecule has 3 aromatic rings. The van der Waals surface area contributed by atoms with Crippen LogP contribution in [0.5, 0.6) is 0 Å². The van der Waals surface area contributed by atoms with Crippen molar-refractivity contribution in [2.45, 2.75) is 6.92 Å². The Kier molecular flexibility index (Phi) is 3.95. The molecule has 122 valence electrons. The predicted molar refractivity (Wildman–Crippen MR) is 93.0 cm³/mol. The van der Waals surface area contributed by atoms with E-state index in [9.17, 15) is 9.79 Å². The number of rotatable bonds is 4. The first-order valence-corrected chi connectivity index (χ1v) is 9.71. The summed E-state index contributed by atoms with van der Waals surface area (Å²) in [5.41, 5.74) is 1.89. The maximum atomic E-state index is 10.6. The van der Waals surface area contributed by atoms with Crippen molar-refractivity contribution in [3.8, 4) is 11.5 Å². The van der Waals surface area contributed by atoms with Crippen molar-refractivity contribution in [2.24, 2.45) is 0 Å².